The molecule has 2 N–H and O–H groups in total. The largest absolute Gasteiger partial charge is 0.493 e. The fourth-order valence-electron chi connectivity index (χ4n) is 2.89. The van der Waals surface area contributed by atoms with Crippen LogP contribution < -0.4 is 15.2 Å². The Kier molecular flexibility index (Phi) is 7.05. The molecule has 1 aromatic rings. The van der Waals surface area contributed by atoms with Gasteiger partial charge in [0.1, 0.15) is 6.61 Å². The number of carbonyl (C=O) groups excluding carboxylic acids is 1. The zero-order chi connectivity index (χ0) is 16.7. The molecular weight excluding hydrogens is 312 g/mol. The number of hydrogen-bond acceptors (Lipinski definition) is 5. The Bertz CT molecular complexity index is 523. The highest BCUT2D eigenvalue weighted by Gasteiger charge is 2.24. The van der Waals surface area contributed by atoms with E-state index in [0.717, 1.165) is 25.3 Å². The van der Waals surface area contributed by atoms with Crippen LogP contribution in [0.5, 0.6) is 11.5 Å². The highest BCUT2D eigenvalue weighted by atomic mass is 32.2. The van der Waals surface area contributed by atoms with E-state index >= 15 is 0 Å². The lowest BCUT2D eigenvalue weighted by atomic mass is 9.99. The number of benzene rings is 1. The molecular formula is C17H26N2O3S. The number of amides is 1. The lowest BCUT2D eigenvalue weighted by molar-refractivity contribution is 0.0685. The molecule has 6 heteroatoms. The number of methoxy groups -OCH3 is 1. The number of nitrogens with zero attached hydrogens (tertiary/aromatic N) is 1. The molecule has 0 saturated carbocycles. The minimum atomic E-state index is 0.0690. The molecule has 1 atom stereocenters. The highest BCUT2D eigenvalue weighted by molar-refractivity contribution is 7.98. The smallest absolute Gasteiger partial charge is 0.254 e. The van der Waals surface area contributed by atoms with E-state index in [1.54, 1.807) is 25.3 Å². The molecule has 1 aliphatic heterocycles. The maximum atomic E-state index is 12.7. The van der Waals surface area contributed by atoms with Crippen molar-refractivity contribution in [2.45, 2.75) is 12.8 Å². The molecule has 0 spiro atoms. The van der Waals surface area contributed by atoms with Crippen molar-refractivity contribution in [1.82, 2.24) is 4.90 Å². The monoisotopic (exact) mass is 338 g/mol. The number of hydrogen-bond donors (Lipinski definition) is 1. The van der Waals surface area contributed by atoms with Crippen LogP contribution in [0.3, 0.4) is 0 Å². The number of thioether (sulfide) groups is 1. The average Bonchev–Trinajstić information content (AvgIpc) is 2.59. The number of nitrogens with two attached hydrogens (primary N) is 1. The molecule has 0 aliphatic carbocycles. The predicted octanol–water partition coefficient (Wildman–Crippen LogP) is 2.25. The average molecular weight is 338 g/mol. The van der Waals surface area contributed by atoms with E-state index in [1.807, 2.05) is 16.7 Å². The van der Waals surface area contributed by atoms with Crippen LogP contribution in [0.25, 0.3) is 0 Å². The molecule has 1 saturated heterocycles. The molecule has 0 bridgehead atoms. The van der Waals surface area contributed by atoms with Crippen molar-refractivity contribution in [1.29, 1.82) is 0 Å². The van der Waals surface area contributed by atoms with Crippen molar-refractivity contribution in [3.8, 4) is 11.5 Å². The summed E-state index contributed by atoms with van der Waals surface area (Å²) in [6, 6.07) is 5.34. The van der Waals surface area contributed by atoms with Crippen LogP contribution in [0.2, 0.25) is 0 Å². The quantitative estimate of drug-likeness (QED) is 0.826. The summed E-state index contributed by atoms with van der Waals surface area (Å²) < 4.78 is 10.9. The number of carbonyl (C=O) groups is 1. The molecule has 0 radical (unpaired) electrons. The van der Waals surface area contributed by atoms with Crippen molar-refractivity contribution >= 4 is 17.7 Å². The second-order valence-electron chi connectivity index (χ2n) is 5.72. The Morgan fingerprint density at radius 3 is 2.96 bits per heavy atom. The second-order valence-corrected chi connectivity index (χ2v) is 6.63. The van der Waals surface area contributed by atoms with E-state index in [1.165, 1.54) is 6.42 Å². The van der Waals surface area contributed by atoms with E-state index in [-0.39, 0.29) is 5.91 Å². The summed E-state index contributed by atoms with van der Waals surface area (Å²) in [6.45, 7) is 2.53. The normalized spacial score (nSPS) is 17.9. The molecule has 1 unspecified atom stereocenters. The second kappa shape index (κ2) is 9.03. The Balaban J connectivity index is 2.09. The molecule has 23 heavy (non-hydrogen) atoms. The first-order valence-corrected chi connectivity index (χ1v) is 9.38. The van der Waals surface area contributed by atoms with E-state index in [4.69, 9.17) is 15.2 Å². The topological polar surface area (TPSA) is 64.8 Å². The summed E-state index contributed by atoms with van der Waals surface area (Å²) in [5.41, 5.74) is 6.10. The van der Waals surface area contributed by atoms with Crippen LogP contribution in [-0.4, -0.2) is 56.2 Å². The van der Waals surface area contributed by atoms with Crippen molar-refractivity contribution in [3.05, 3.63) is 23.8 Å². The summed E-state index contributed by atoms with van der Waals surface area (Å²) in [6.07, 6.45) is 4.40. The van der Waals surface area contributed by atoms with Gasteiger partial charge in [0.25, 0.3) is 5.91 Å². The third kappa shape index (κ3) is 4.78. The molecule has 1 amide bonds. The lowest BCUT2D eigenvalue weighted by Crippen LogP contribution is -2.40. The van der Waals surface area contributed by atoms with Gasteiger partial charge in [-0.15, -0.1) is 0 Å². The summed E-state index contributed by atoms with van der Waals surface area (Å²) in [5, 5.41) is 0. The first-order valence-electron chi connectivity index (χ1n) is 7.98. The summed E-state index contributed by atoms with van der Waals surface area (Å²) in [5.74, 6) is 2.96. The van der Waals surface area contributed by atoms with E-state index in [0.29, 0.717) is 36.1 Å². The summed E-state index contributed by atoms with van der Waals surface area (Å²) in [4.78, 5) is 14.7. The van der Waals surface area contributed by atoms with Crippen molar-refractivity contribution < 1.29 is 14.3 Å². The molecule has 128 valence electrons. The number of likely N-dealkylation sites (tertiary alicyclic amines) is 1. The molecule has 1 aromatic carbocycles. The number of piperidine rings is 1. The highest BCUT2D eigenvalue weighted by Crippen LogP contribution is 2.29. The molecule has 1 heterocycles. The summed E-state index contributed by atoms with van der Waals surface area (Å²) in [7, 11) is 1.58. The van der Waals surface area contributed by atoms with Crippen LogP contribution in [0.1, 0.15) is 23.2 Å². The van der Waals surface area contributed by atoms with Gasteiger partial charge in [0.05, 0.1) is 7.11 Å². The van der Waals surface area contributed by atoms with Gasteiger partial charge in [-0.2, -0.15) is 11.8 Å². The van der Waals surface area contributed by atoms with Gasteiger partial charge >= 0.3 is 0 Å². The van der Waals surface area contributed by atoms with Gasteiger partial charge in [0.2, 0.25) is 0 Å². The first kappa shape index (κ1) is 17.9. The van der Waals surface area contributed by atoms with Crippen LogP contribution in [0, 0.1) is 5.92 Å². The molecule has 5 nitrogen and oxygen atoms in total. The zero-order valence-corrected chi connectivity index (χ0v) is 14.7. The Labute approximate surface area is 142 Å². The summed E-state index contributed by atoms with van der Waals surface area (Å²) >= 11 is 1.85. The number of ether oxygens (including phenoxy) is 2. The molecule has 2 rings (SSSR count). The van der Waals surface area contributed by atoms with Gasteiger partial charge in [0.15, 0.2) is 11.5 Å². The SMILES string of the molecule is COc1cc(C(=O)N2CCCC(CSC)C2)ccc1OCCN. The predicted molar refractivity (Wildman–Crippen MR) is 94.6 cm³/mol. The Morgan fingerprint density at radius 2 is 2.26 bits per heavy atom. The van der Waals surface area contributed by atoms with Crippen molar-refractivity contribution in [2.24, 2.45) is 11.7 Å². The van der Waals surface area contributed by atoms with Gasteiger partial charge in [-0.3, -0.25) is 4.79 Å². The van der Waals surface area contributed by atoms with Gasteiger partial charge in [-0.05, 0) is 49.0 Å². The van der Waals surface area contributed by atoms with Crippen molar-refractivity contribution in [2.75, 3.05) is 45.4 Å². The van der Waals surface area contributed by atoms with Crippen LogP contribution in [0.4, 0.5) is 0 Å². The van der Waals surface area contributed by atoms with Gasteiger partial charge in [-0.25, -0.2) is 0 Å². The third-order valence-corrected chi connectivity index (χ3v) is 4.80. The maximum Gasteiger partial charge on any atom is 0.254 e. The lowest BCUT2D eigenvalue weighted by Gasteiger charge is -2.32. The maximum absolute atomic E-state index is 12.7. The van der Waals surface area contributed by atoms with Crippen LogP contribution in [0.15, 0.2) is 18.2 Å². The molecule has 0 aromatic heterocycles. The fourth-order valence-corrected chi connectivity index (χ4v) is 3.64. The van der Waals surface area contributed by atoms with Crippen molar-refractivity contribution in [3.63, 3.8) is 0 Å². The Hall–Kier alpha value is -1.40. The van der Waals surface area contributed by atoms with E-state index in [2.05, 4.69) is 6.26 Å². The number of rotatable bonds is 7. The third-order valence-electron chi connectivity index (χ3n) is 3.99. The van der Waals surface area contributed by atoms with E-state index < -0.39 is 0 Å². The van der Waals surface area contributed by atoms with Gasteiger partial charge < -0.3 is 20.1 Å². The van der Waals surface area contributed by atoms with Crippen LogP contribution in [-0.2, 0) is 0 Å². The molecule has 1 fully saturated rings. The minimum Gasteiger partial charge on any atom is -0.493 e. The van der Waals surface area contributed by atoms with Crippen LogP contribution >= 0.6 is 11.8 Å². The van der Waals surface area contributed by atoms with E-state index in [9.17, 15) is 4.79 Å². The van der Waals surface area contributed by atoms with Gasteiger partial charge in [-0.1, -0.05) is 0 Å². The standard InChI is InChI=1S/C17H26N2O3S/c1-21-16-10-14(5-6-15(16)22-9-7-18)17(20)19-8-3-4-13(11-19)12-23-2/h5-6,10,13H,3-4,7-9,11-12,18H2,1-2H3. The minimum absolute atomic E-state index is 0.0690. The van der Waals surface area contributed by atoms with Gasteiger partial charge in [0, 0.05) is 25.2 Å². The Morgan fingerprint density at radius 1 is 1.43 bits per heavy atom. The zero-order valence-electron chi connectivity index (χ0n) is 13.9. The first-order chi connectivity index (χ1) is 11.2. The fraction of sp³-hybridized carbons (Fsp3) is 0.588. The molecule has 1 aliphatic rings.